The molecule has 152 valence electrons. The number of ether oxygens (including phenoxy) is 1. The fraction of sp³-hybridized carbons (Fsp3) is 0.958. The second-order valence-electron chi connectivity index (χ2n) is 12.4. The Kier molecular flexibility index (Phi) is 4.10. The van der Waals surface area contributed by atoms with Crippen LogP contribution < -0.4 is 0 Å². The van der Waals surface area contributed by atoms with Gasteiger partial charge in [-0.25, -0.2) is 0 Å². The maximum absolute atomic E-state index is 13.2. The van der Waals surface area contributed by atoms with E-state index in [4.69, 9.17) is 4.74 Å². The molecule has 0 N–H and O–H groups in total. The fourth-order valence-electron chi connectivity index (χ4n) is 7.87. The third kappa shape index (κ3) is 1.62. The summed E-state index contributed by atoms with van der Waals surface area (Å²) in [7, 11) is 0. The number of esters is 1. The summed E-state index contributed by atoms with van der Waals surface area (Å²) in [6.07, 6.45) is 0.786. The van der Waals surface area contributed by atoms with E-state index < -0.39 is 11.0 Å². The third-order valence-electron chi connectivity index (χ3n) is 11.7. The van der Waals surface area contributed by atoms with Crippen LogP contribution >= 0.6 is 0 Å². The lowest BCUT2D eigenvalue weighted by Gasteiger charge is -2.66. The molecule has 0 aromatic rings. The first-order valence-electron chi connectivity index (χ1n) is 10.4. The Morgan fingerprint density at radius 2 is 1.08 bits per heavy atom. The molecule has 0 spiro atoms. The summed E-state index contributed by atoms with van der Waals surface area (Å²) in [5.41, 5.74) is -1.17. The molecule has 2 bridgehead atoms. The predicted molar refractivity (Wildman–Crippen MR) is 110 cm³/mol. The normalized spacial score (nSPS) is 41.9. The second kappa shape index (κ2) is 4.90. The molecule has 26 heavy (non-hydrogen) atoms. The Bertz CT molecular complexity index is 637. The summed E-state index contributed by atoms with van der Waals surface area (Å²) in [6, 6.07) is 0. The fourth-order valence-corrected chi connectivity index (χ4v) is 7.87. The second-order valence-corrected chi connectivity index (χ2v) is 12.4. The Morgan fingerprint density at radius 1 is 0.692 bits per heavy atom. The van der Waals surface area contributed by atoms with Crippen molar-refractivity contribution in [1.82, 2.24) is 0 Å². The van der Waals surface area contributed by atoms with Crippen LogP contribution in [0.1, 0.15) is 103 Å². The highest BCUT2D eigenvalue weighted by Gasteiger charge is 2.91. The molecule has 2 aliphatic carbocycles. The highest BCUT2D eigenvalue weighted by atomic mass is 16.6. The minimum absolute atomic E-state index is 0.0106. The van der Waals surface area contributed by atoms with E-state index in [2.05, 4.69) is 83.1 Å². The van der Waals surface area contributed by atoms with Crippen LogP contribution in [0.5, 0.6) is 0 Å². The molecule has 2 rings (SSSR count). The standard InChI is InChI=1S/C24H44O2/c1-15-17(2,3)16(25)26-24(14)21(10,11)22(12)18(4,5)19(6,7)23(24,13)20(22,8)9/h15H2,1-14H3. The van der Waals surface area contributed by atoms with Gasteiger partial charge in [0, 0.05) is 10.8 Å². The summed E-state index contributed by atoms with van der Waals surface area (Å²) < 4.78 is 6.60. The topological polar surface area (TPSA) is 26.3 Å². The molecule has 0 radical (unpaired) electrons. The first-order chi connectivity index (χ1) is 11.2. The molecule has 0 aliphatic heterocycles. The monoisotopic (exact) mass is 364 g/mol. The van der Waals surface area contributed by atoms with Gasteiger partial charge >= 0.3 is 5.97 Å². The maximum Gasteiger partial charge on any atom is 0.312 e. The van der Waals surface area contributed by atoms with Gasteiger partial charge in [0.05, 0.1) is 5.41 Å². The van der Waals surface area contributed by atoms with Crippen molar-refractivity contribution < 1.29 is 9.53 Å². The van der Waals surface area contributed by atoms with Crippen LogP contribution in [-0.2, 0) is 9.53 Å². The van der Waals surface area contributed by atoms with Crippen molar-refractivity contribution in [3.05, 3.63) is 0 Å². The quantitative estimate of drug-likeness (QED) is 0.511. The number of carbonyl (C=O) groups excluding carboxylic acids is 1. The van der Waals surface area contributed by atoms with E-state index >= 15 is 0 Å². The first kappa shape index (κ1) is 21.8. The molecule has 2 saturated carbocycles. The van der Waals surface area contributed by atoms with E-state index in [1.54, 1.807) is 0 Å². The highest BCUT2D eigenvalue weighted by molar-refractivity contribution is 5.76. The molecule has 0 saturated heterocycles. The largest absolute Gasteiger partial charge is 0.458 e. The minimum Gasteiger partial charge on any atom is -0.458 e. The van der Waals surface area contributed by atoms with Gasteiger partial charge in [-0.2, -0.15) is 0 Å². The molecule has 0 amide bonds. The van der Waals surface area contributed by atoms with Crippen LogP contribution in [0.2, 0.25) is 0 Å². The van der Waals surface area contributed by atoms with Crippen molar-refractivity contribution in [1.29, 1.82) is 0 Å². The average molecular weight is 365 g/mol. The first-order valence-corrected chi connectivity index (χ1v) is 10.4. The van der Waals surface area contributed by atoms with E-state index in [-0.39, 0.29) is 38.5 Å². The minimum atomic E-state index is -0.541. The van der Waals surface area contributed by atoms with E-state index in [9.17, 15) is 4.79 Å². The van der Waals surface area contributed by atoms with Crippen LogP contribution in [0.4, 0.5) is 0 Å². The van der Waals surface area contributed by atoms with Crippen molar-refractivity contribution in [2.45, 2.75) is 109 Å². The van der Waals surface area contributed by atoms with Crippen LogP contribution in [-0.4, -0.2) is 11.6 Å². The van der Waals surface area contributed by atoms with Crippen LogP contribution in [0.15, 0.2) is 0 Å². The molecule has 2 aliphatic rings. The number of carbonyl (C=O) groups is 1. The van der Waals surface area contributed by atoms with Gasteiger partial charge in [-0.3, -0.25) is 4.79 Å². The van der Waals surface area contributed by atoms with Gasteiger partial charge in [0.15, 0.2) is 0 Å². The Morgan fingerprint density at radius 3 is 1.42 bits per heavy atom. The predicted octanol–water partition coefficient (Wildman–Crippen LogP) is 6.87. The molecule has 3 atom stereocenters. The summed E-state index contributed by atoms with van der Waals surface area (Å²) in [4.78, 5) is 13.2. The van der Waals surface area contributed by atoms with Gasteiger partial charge < -0.3 is 4.74 Å². The Labute approximate surface area is 162 Å². The van der Waals surface area contributed by atoms with Crippen molar-refractivity contribution >= 4 is 5.97 Å². The van der Waals surface area contributed by atoms with Gasteiger partial charge in [-0.1, -0.05) is 76.2 Å². The molecule has 0 heterocycles. The summed E-state index contributed by atoms with van der Waals surface area (Å²) >= 11 is 0. The molecule has 0 aromatic heterocycles. The van der Waals surface area contributed by atoms with Crippen LogP contribution in [0.25, 0.3) is 0 Å². The van der Waals surface area contributed by atoms with E-state index in [0.717, 1.165) is 6.42 Å². The van der Waals surface area contributed by atoms with E-state index in [1.165, 1.54) is 0 Å². The number of hydrogen-bond donors (Lipinski definition) is 0. The molecule has 0 aromatic carbocycles. The third-order valence-corrected chi connectivity index (χ3v) is 11.7. The van der Waals surface area contributed by atoms with Crippen LogP contribution in [0, 0.1) is 37.9 Å². The van der Waals surface area contributed by atoms with Crippen molar-refractivity contribution in [3.63, 3.8) is 0 Å². The summed E-state index contributed by atoms with van der Waals surface area (Å²) in [6.45, 7) is 32.3. The molecule has 2 fully saturated rings. The van der Waals surface area contributed by atoms with Gasteiger partial charge in [0.1, 0.15) is 5.60 Å². The van der Waals surface area contributed by atoms with Crippen LogP contribution in [0.3, 0.4) is 0 Å². The Hall–Kier alpha value is -0.530. The van der Waals surface area contributed by atoms with Gasteiger partial charge in [0.2, 0.25) is 0 Å². The number of fused-ring (bicyclic) bond motifs is 2. The lowest BCUT2D eigenvalue weighted by molar-refractivity contribution is -0.259. The summed E-state index contributed by atoms with van der Waals surface area (Å²) in [5.74, 6) is -0.0580. The lowest BCUT2D eigenvalue weighted by Crippen LogP contribution is -2.68. The van der Waals surface area contributed by atoms with Crippen molar-refractivity contribution in [3.8, 4) is 0 Å². The van der Waals surface area contributed by atoms with Gasteiger partial charge in [-0.05, 0) is 48.9 Å². The van der Waals surface area contributed by atoms with E-state index in [1.807, 2.05) is 13.8 Å². The molecular weight excluding hydrogens is 320 g/mol. The van der Waals surface area contributed by atoms with Crippen molar-refractivity contribution in [2.24, 2.45) is 37.9 Å². The zero-order chi connectivity index (χ0) is 21.0. The molecule has 2 heteroatoms. The van der Waals surface area contributed by atoms with E-state index in [0.29, 0.717) is 0 Å². The number of hydrogen-bond acceptors (Lipinski definition) is 2. The Balaban J connectivity index is 2.81. The molecule has 3 unspecified atom stereocenters. The van der Waals surface area contributed by atoms with Gasteiger partial charge in [-0.15, -0.1) is 0 Å². The maximum atomic E-state index is 13.2. The number of rotatable bonds is 3. The SMILES string of the molecule is CCC(C)(C)C(=O)OC1(C)C(C)(C)C2(C)C(C)(C)C(C)(C)C1(C)C2(C)C. The smallest absolute Gasteiger partial charge is 0.312 e. The zero-order valence-corrected chi connectivity index (χ0v) is 20.0. The summed E-state index contributed by atoms with van der Waals surface area (Å²) in [5, 5.41) is 0. The van der Waals surface area contributed by atoms with Crippen molar-refractivity contribution in [2.75, 3.05) is 0 Å². The zero-order valence-electron chi connectivity index (χ0n) is 20.0. The molecule has 2 nitrogen and oxygen atoms in total. The lowest BCUT2D eigenvalue weighted by atomic mass is 9.40. The molecular formula is C24H44O2. The average Bonchev–Trinajstić information content (AvgIpc) is 2.60. The van der Waals surface area contributed by atoms with Gasteiger partial charge in [0.25, 0.3) is 0 Å². The highest BCUT2D eigenvalue weighted by Crippen LogP contribution is 2.92.